The quantitative estimate of drug-likeness (QED) is 0.585. The summed E-state index contributed by atoms with van der Waals surface area (Å²) in [4.78, 5) is 11.3. The van der Waals surface area contributed by atoms with Crippen LogP contribution in [0.4, 0.5) is 0 Å². The second-order valence-electron chi connectivity index (χ2n) is 4.89. The van der Waals surface area contributed by atoms with E-state index in [4.69, 9.17) is 4.74 Å². The first-order valence-electron chi connectivity index (χ1n) is 7.23. The minimum absolute atomic E-state index is 0.169. The van der Waals surface area contributed by atoms with E-state index in [0.29, 0.717) is 6.61 Å². The van der Waals surface area contributed by atoms with Gasteiger partial charge < -0.3 is 4.74 Å². The molecule has 0 bridgehead atoms. The number of esters is 1. The summed E-state index contributed by atoms with van der Waals surface area (Å²) < 4.78 is 5.12. The van der Waals surface area contributed by atoms with Gasteiger partial charge in [-0.15, -0.1) is 0 Å². The maximum atomic E-state index is 11.3. The minimum atomic E-state index is -0.169. The lowest BCUT2D eigenvalue weighted by Crippen LogP contribution is -2.02. The van der Waals surface area contributed by atoms with Gasteiger partial charge in [0.1, 0.15) is 0 Å². The Hall–Kier alpha value is -0.790. The summed E-state index contributed by atoms with van der Waals surface area (Å²) >= 11 is 0. The molecule has 0 atom stereocenters. The number of cyclic esters (lactones) is 1. The molecule has 0 aromatic heterocycles. The third-order valence-corrected chi connectivity index (χ3v) is 3.26. The van der Waals surface area contributed by atoms with E-state index in [1.54, 1.807) is 6.08 Å². The van der Waals surface area contributed by atoms with Gasteiger partial charge in [-0.3, -0.25) is 0 Å². The number of ether oxygens (including phenoxy) is 1. The number of rotatable bonds is 0. The lowest BCUT2D eigenvalue weighted by atomic mass is 10.1. The molecule has 0 aliphatic carbocycles. The Morgan fingerprint density at radius 1 is 0.765 bits per heavy atom. The van der Waals surface area contributed by atoms with E-state index >= 15 is 0 Å². The molecule has 0 spiro atoms. The van der Waals surface area contributed by atoms with Gasteiger partial charge in [-0.25, -0.2) is 4.79 Å². The van der Waals surface area contributed by atoms with Gasteiger partial charge in [0.25, 0.3) is 0 Å². The highest BCUT2D eigenvalue weighted by Gasteiger charge is 1.98. The van der Waals surface area contributed by atoms with Gasteiger partial charge in [0.2, 0.25) is 0 Å². The predicted octanol–water partition coefficient (Wildman–Crippen LogP) is 4.39. The smallest absolute Gasteiger partial charge is 0.330 e. The van der Waals surface area contributed by atoms with Crippen molar-refractivity contribution in [1.29, 1.82) is 0 Å². The largest absolute Gasteiger partial charge is 0.463 e. The van der Waals surface area contributed by atoms with Crippen LogP contribution >= 0.6 is 0 Å². The van der Waals surface area contributed by atoms with Crippen LogP contribution in [0.1, 0.15) is 70.6 Å². The molecule has 0 radical (unpaired) electrons. The van der Waals surface area contributed by atoms with E-state index in [-0.39, 0.29) is 5.97 Å². The van der Waals surface area contributed by atoms with Crippen molar-refractivity contribution in [3.63, 3.8) is 0 Å². The molecule has 0 saturated heterocycles. The topological polar surface area (TPSA) is 26.3 Å². The zero-order chi connectivity index (χ0) is 12.2. The average Bonchev–Trinajstić information content (AvgIpc) is 2.32. The van der Waals surface area contributed by atoms with Crippen LogP contribution in [0.15, 0.2) is 12.2 Å². The lowest BCUT2D eigenvalue weighted by Gasteiger charge is -2.04. The van der Waals surface area contributed by atoms with Crippen molar-refractivity contribution in [1.82, 2.24) is 0 Å². The summed E-state index contributed by atoms with van der Waals surface area (Å²) in [6, 6.07) is 0. The summed E-state index contributed by atoms with van der Waals surface area (Å²) in [7, 11) is 0. The second kappa shape index (κ2) is 10.4. The first-order valence-corrected chi connectivity index (χ1v) is 7.23. The first kappa shape index (κ1) is 14.3. The molecule has 0 amide bonds. The molecule has 0 saturated carbocycles. The van der Waals surface area contributed by atoms with Gasteiger partial charge in [-0.05, 0) is 19.3 Å². The fourth-order valence-corrected chi connectivity index (χ4v) is 2.18. The van der Waals surface area contributed by atoms with Crippen LogP contribution in [0.5, 0.6) is 0 Å². The van der Waals surface area contributed by atoms with E-state index in [2.05, 4.69) is 0 Å². The Kier molecular flexibility index (Phi) is 8.71. The van der Waals surface area contributed by atoms with Crippen molar-refractivity contribution < 1.29 is 9.53 Å². The lowest BCUT2D eigenvalue weighted by molar-refractivity contribution is -0.137. The van der Waals surface area contributed by atoms with Crippen LogP contribution in [0, 0.1) is 0 Å². The van der Waals surface area contributed by atoms with E-state index in [1.807, 2.05) is 6.08 Å². The van der Waals surface area contributed by atoms with Gasteiger partial charge in [-0.1, -0.05) is 57.4 Å². The van der Waals surface area contributed by atoms with E-state index in [9.17, 15) is 4.79 Å². The molecule has 98 valence electrons. The van der Waals surface area contributed by atoms with Gasteiger partial charge in [0.05, 0.1) is 6.61 Å². The van der Waals surface area contributed by atoms with Crippen molar-refractivity contribution in [2.24, 2.45) is 0 Å². The molecule has 0 aromatic carbocycles. The summed E-state index contributed by atoms with van der Waals surface area (Å²) in [6.45, 7) is 0.586. The molecular formula is C15H26O2. The van der Waals surface area contributed by atoms with Gasteiger partial charge >= 0.3 is 5.97 Å². The summed E-state index contributed by atoms with van der Waals surface area (Å²) in [5.41, 5.74) is 0. The zero-order valence-electron chi connectivity index (χ0n) is 11.0. The van der Waals surface area contributed by atoms with Gasteiger partial charge in [-0.2, -0.15) is 0 Å². The first-order chi connectivity index (χ1) is 8.39. The molecule has 0 N–H and O–H groups in total. The van der Waals surface area contributed by atoms with Crippen LogP contribution in [0.2, 0.25) is 0 Å². The molecule has 1 aliphatic rings. The monoisotopic (exact) mass is 238 g/mol. The Labute approximate surface area is 105 Å². The second-order valence-corrected chi connectivity index (χ2v) is 4.89. The molecule has 1 aliphatic heterocycles. The maximum absolute atomic E-state index is 11.3. The molecule has 0 fully saturated rings. The molecule has 1 heterocycles. The van der Waals surface area contributed by atoms with Crippen molar-refractivity contribution in [3.05, 3.63) is 12.2 Å². The minimum Gasteiger partial charge on any atom is -0.463 e. The van der Waals surface area contributed by atoms with Crippen molar-refractivity contribution in [2.75, 3.05) is 6.61 Å². The molecule has 17 heavy (non-hydrogen) atoms. The molecular weight excluding hydrogens is 212 g/mol. The molecule has 0 unspecified atom stereocenters. The molecule has 2 nitrogen and oxygen atoms in total. The van der Waals surface area contributed by atoms with E-state index in [1.165, 1.54) is 57.8 Å². The Morgan fingerprint density at radius 3 is 1.94 bits per heavy atom. The van der Waals surface area contributed by atoms with Crippen LogP contribution < -0.4 is 0 Å². The summed E-state index contributed by atoms with van der Waals surface area (Å²) in [6.07, 6.45) is 17.4. The zero-order valence-corrected chi connectivity index (χ0v) is 11.0. The molecule has 2 heteroatoms. The third kappa shape index (κ3) is 8.96. The van der Waals surface area contributed by atoms with Gasteiger partial charge in [0.15, 0.2) is 0 Å². The van der Waals surface area contributed by atoms with Crippen LogP contribution in [0.25, 0.3) is 0 Å². The third-order valence-electron chi connectivity index (χ3n) is 3.26. The highest BCUT2D eigenvalue weighted by Crippen LogP contribution is 2.12. The number of hydrogen-bond acceptors (Lipinski definition) is 2. The normalized spacial score (nSPS) is 23.9. The standard InChI is InChI=1S/C15H26O2/c16-15-13-11-9-7-5-3-1-2-4-6-8-10-12-14-17-15/h11,13H,1-10,12,14H2/b13-11+. The van der Waals surface area contributed by atoms with Crippen molar-refractivity contribution >= 4 is 5.97 Å². The maximum Gasteiger partial charge on any atom is 0.330 e. The summed E-state index contributed by atoms with van der Waals surface area (Å²) in [5.74, 6) is -0.169. The highest BCUT2D eigenvalue weighted by molar-refractivity contribution is 5.81. The van der Waals surface area contributed by atoms with Crippen molar-refractivity contribution in [3.8, 4) is 0 Å². The molecule has 1 rings (SSSR count). The predicted molar refractivity (Wildman–Crippen MR) is 70.9 cm³/mol. The number of carbonyl (C=O) groups is 1. The number of carbonyl (C=O) groups excluding carboxylic acids is 1. The fraction of sp³-hybridized carbons (Fsp3) is 0.800. The fourth-order valence-electron chi connectivity index (χ4n) is 2.18. The average molecular weight is 238 g/mol. The molecule has 0 aromatic rings. The number of hydrogen-bond donors (Lipinski definition) is 0. The highest BCUT2D eigenvalue weighted by atomic mass is 16.5. The summed E-state index contributed by atoms with van der Waals surface area (Å²) in [5, 5.41) is 0. The Bertz CT molecular complexity index is 221. The SMILES string of the molecule is O=C1/C=C/CCCCCCCCCCCCO1. The number of allylic oxidation sites excluding steroid dienone is 1. The Balaban J connectivity index is 2.20. The Morgan fingerprint density at radius 2 is 1.29 bits per heavy atom. The van der Waals surface area contributed by atoms with Crippen LogP contribution in [-0.2, 0) is 9.53 Å². The van der Waals surface area contributed by atoms with Crippen LogP contribution in [-0.4, -0.2) is 12.6 Å². The van der Waals surface area contributed by atoms with E-state index < -0.39 is 0 Å². The van der Waals surface area contributed by atoms with Gasteiger partial charge in [0, 0.05) is 6.08 Å². The van der Waals surface area contributed by atoms with Crippen molar-refractivity contribution in [2.45, 2.75) is 70.6 Å². The van der Waals surface area contributed by atoms with Crippen LogP contribution in [0.3, 0.4) is 0 Å². The van der Waals surface area contributed by atoms with E-state index in [0.717, 1.165) is 12.8 Å².